The van der Waals surface area contributed by atoms with Gasteiger partial charge in [0.25, 0.3) is 0 Å². The molecule has 1 heterocycles. The number of carbonyl (C=O) groups excluding carboxylic acids is 1. The average molecular weight is 169 g/mol. The number of aliphatic carboxylic acids is 1. The van der Waals surface area contributed by atoms with Crippen LogP contribution < -0.4 is 0 Å². The van der Waals surface area contributed by atoms with E-state index >= 15 is 0 Å². The van der Waals surface area contributed by atoms with Gasteiger partial charge in [-0.2, -0.15) is 0 Å². The SMILES string of the molecule is CCN1C(=O)C2CC2C1C(=O)O. The molecule has 3 atom stereocenters. The minimum atomic E-state index is -0.852. The number of carbonyl (C=O) groups is 2. The molecule has 66 valence electrons. The summed E-state index contributed by atoms with van der Waals surface area (Å²) in [7, 11) is 0. The van der Waals surface area contributed by atoms with Crippen molar-refractivity contribution in [1.82, 2.24) is 4.90 Å². The second-order valence-corrected chi connectivity index (χ2v) is 3.41. The molecule has 1 N–H and O–H groups in total. The molecule has 1 saturated heterocycles. The third-order valence-corrected chi connectivity index (χ3v) is 2.78. The lowest BCUT2D eigenvalue weighted by molar-refractivity contribution is -0.147. The Morgan fingerprint density at radius 1 is 1.75 bits per heavy atom. The van der Waals surface area contributed by atoms with Crippen molar-refractivity contribution in [2.45, 2.75) is 19.4 Å². The molecule has 0 bridgehead atoms. The lowest BCUT2D eigenvalue weighted by atomic mass is 10.2. The Morgan fingerprint density at radius 2 is 2.42 bits per heavy atom. The highest BCUT2D eigenvalue weighted by molar-refractivity contribution is 5.92. The van der Waals surface area contributed by atoms with E-state index in [1.165, 1.54) is 4.90 Å². The minimum absolute atomic E-state index is 0.0334. The fourth-order valence-corrected chi connectivity index (χ4v) is 2.10. The summed E-state index contributed by atoms with van der Waals surface area (Å²) in [6.45, 7) is 2.33. The fraction of sp³-hybridized carbons (Fsp3) is 0.750. The summed E-state index contributed by atoms with van der Waals surface area (Å²) in [5.74, 6) is -0.675. The van der Waals surface area contributed by atoms with Gasteiger partial charge in [0, 0.05) is 18.4 Å². The maximum absolute atomic E-state index is 11.4. The Balaban J connectivity index is 2.21. The molecule has 1 aliphatic carbocycles. The van der Waals surface area contributed by atoms with Crippen LogP contribution in [-0.4, -0.2) is 34.5 Å². The van der Waals surface area contributed by atoms with E-state index in [-0.39, 0.29) is 17.7 Å². The molecule has 2 fully saturated rings. The van der Waals surface area contributed by atoms with Crippen molar-refractivity contribution in [3.63, 3.8) is 0 Å². The van der Waals surface area contributed by atoms with Crippen molar-refractivity contribution in [3.05, 3.63) is 0 Å². The number of rotatable bonds is 2. The molecule has 0 aromatic heterocycles. The van der Waals surface area contributed by atoms with Crippen LogP contribution in [0.15, 0.2) is 0 Å². The van der Waals surface area contributed by atoms with E-state index in [2.05, 4.69) is 0 Å². The molecular formula is C8H11NO3. The number of hydrogen-bond acceptors (Lipinski definition) is 2. The molecule has 2 rings (SSSR count). The van der Waals surface area contributed by atoms with Crippen LogP contribution in [0.4, 0.5) is 0 Å². The summed E-state index contributed by atoms with van der Waals surface area (Å²) in [5.41, 5.74) is 0. The van der Waals surface area contributed by atoms with Crippen molar-refractivity contribution < 1.29 is 14.7 Å². The summed E-state index contributed by atoms with van der Waals surface area (Å²) in [4.78, 5) is 23.6. The monoisotopic (exact) mass is 169 g/mol. The van der Waals surface area contributed by atoms with Crippen molar-refractivity contribution in [2.24, 2.45) is 11.8 Å². The van der Waals surface area contributed by atoms with E-state index in [0.717, 1.165) is 6.42 Å². The number of hydrogen-bond donors (Lipinski definition) is 1. The van der Waals surface area contributed by atoms with Gasteiger partial charge >= 0.3 is 5.97 Å². The Bertz CT molecular complexity index is 251. The van der Waals surface area contributed by atoms with Crippen LogP contribution in [0.3, 0.4) is 0 Å². The molecule has 4 heteroatoms. The Hall–Kier alpha value is -1.06. The molecule has 1 aliphatic heterocycles. The average Bonchev–Trinajstić information content (AvgIpc) is 2.72. The predicted octanol–water partition coefficient (Wildman–Crippen LogP) is -0.0622. The molecule has 0 aromatic rings. The van der Waals surface area contributed by atoms with Crippen molar-refractivity contribution >= 4 is 11.9 Å². The molecule has 0 radical (unpaired) electrons. The fourth-order valence-electron chi connectivity index (χ4n) is 2.10. The summed E-state index contributed by atoms with van der Waals surface area (Å²) < 4.78 is 0. The number of likely N-dealkylation sites (tertiary alicyclic amines) is 1. The van der Waals surface area contributed by atoms with Gasteiger partial charge in [0.1, 0.15) is 6.04 Å². The van der Waals surface area contributed by atoms with Gasteiger partial charge in [-0.3, -0.25) is 4.79 Å². The first kappa shape index (κ1) is 7.58. The van der Waals surface area contributed by atoms with E-state index in [1.54, 1.807) is 0 Å². The van der Waals surface area contributed by atoms with Crippen molar-refractivity contribution in [2.75, 3.05) is 6.54 Å². The van der Waals surface area contributed by atoms with Gasteiger partial charge in [0.15, 0.2) is 0 Å². The van der Waals surface area contributed by atoms with Crippen molar-refractivity contribution in [1.29, 1.82) is 0 Å². The van der Waals surface area contributed by atoms with Crippen LogP contribution >= 0.6 is 0 Å². The van der Waals surface area contributed by atoms with Gasteiger partial charge in [-0.05, 0) is 13.3 Å². The van der Waals surface area contributed by atoms with Gasteiger partial charge in [0.2, 0.25) is 5.91 Å². The van der Waals surface area contributed by atoms with Crippen LogP contribution in [0.1, 0.15) is 13.3 Å². The summed E-state index contributed by atoms with van der Waals surface area (Å²) >= 11 is 0. The third-order valence-electron chi connectivity index (χ3n) is 2.78. The number of carboxylic acid groups (broad SMARTS) is 1. The summed E-state index contributed by atoms with van der Waals surface area (Å²) in [6.07, 6.45) is 0.784. The maximum atomic E-state index is 11.4. The molecule has 12 heavy (non-hydrogen) atoms. The largest absolute Gasteiger partial charge is 0.480 e. The zero-order valence-corrected chi connectivity index (χ0v) is 6.86. The molecule has 0 spiro atoms. The number of fused-ring (bicyclic) bond motifs is 1. The Morgan fingerprint density at radius 3 is 2.83 bits per heavy atom. The van der Waals surface area contributed by atoms with Crippen LogP contribution in [0, 0.1) is 11.8 Å². The quantitative estimate of drug-likeness (QED) is 0.630. The normalized spacial score (nSPS) is 38.2. The van der Waals surface area contributed by atoms with Gasteiger partial charge in [-0.1, -0.05) is 0 Å². The molecular weight excluding hydrogens is 158 g/mol. The highest BCUT2D eigenvalue weighted by Gasteiger charge is 2.60. The van der Waals surface area contributed by atoms with Gasteiger partial charge in [0.05, 0.1) is 0 Å². The standard InChI is InChI=1S/C8H11NO3/c1-2-9-6(8(11)12)4-3-5(4)7(9)10/h4-6H,2-3H2,1H3,(H,11,12). The predicted molar refractivity (Wildman–Crippen MR) is 40.4 cm³/mol. The lowest BCUT2D eigenvalue weighted by Crippen LogP contribution is -2.41. The van der Waals surface area contributed by atoms with Gasteiger partial charge < -0.3 is 10.0 Å². The molecule has 3 unspecified atom stereocenters. The highest BCUT2D eigenvalue weighted by Crippen LogP contribution is 2.50. The number of carboxylic acids is 1. The van der Waals surface area contributed by atoms with Crippen LogP contribution in [-0.2, 0) is 9.59 Å². The second-order valence-electron chi connectivity index (χ2n) is 3.41. The number of nitrogens with zero attached hydrogens (tertiary/aromatic N) is 1. The summed E-state index contributed by atoms with van der Waals surface area (Å²) in [6, 6.07) is -0.535. The second kappa shape index (κ2) is 2.21. The zero-order valence-electron chi connectivity index (χ0n) is 6.86. The number of piperidine rings is 1. The zero-order chi connectivity index (χ0) is 8.88. The molecule has 2 aliphatic rings. The van der Waals surface area contributed by atoms with Crippen LogP contribution in [0.5, 0.6) is 0 Å². The first-order chi connectivity index (χ1) is 5.66. The Kier molecular flexibility index (Phi) is 1.40. The maximum Gasteiger partial charge on any atom is 0.326 e. The third kappa shape index (κ3) is 0.777. The molecule has 1 amide bonds. The van der Waals surface area contributed by atoms with E-state index in [4.69, 9.17) is 5.11 Å². The van der Waals surface area contributed by atoms with Crippen LogP contribution in [0.25, 0.3) is 0 Å². The van der Waals surface area contributed by atoms with Crippen molar-refractivity contribution in [3.8, 4) is 0 Å². The van der Waals surface area contributed by atoms with Crippen LogP contribution in [0.2, 0.25) is 0 Å². The van der Waals surface area contributed by atoms with Gasteiger partial charge in [-0.25, -0.2) is 4.79 Å². The molecule has 0 aromatic carbocycles. The van der Waals surface area contributed by atoms with E-state index in [0.29, 0.717) is 6.54 Å². The van der Waals surface area contributed by atoms with Gasteiger partial charge in [-0.15, -0.1) is 0 Å². The topological polar surface area (TPSA) is 57.6 Å². The Labute approximate surface area is 70.2 Å². The first-order valence-electron chi connectivity index (χ1n) is 4.20. The smallest absolute Gasteiger partial charge is 0.326 e. The molecule has 1 saturated carbocycles. The number of amides is 1. The van der Waals surface area contributed by atoms with E-state index in [9.17, 15) is 9.59 Å². The van der Waals surface area contributed by atoms with E-state index in [1.807, 2.05) is 6.92 Å². The first-order valence-corrected chi connectivity index (χ1v) is 4.20. The molecule has 4 nitrogen and oxygen atoms in total. The summed E-state index contributed by atoms with van der Waals surface area (Å²) in [5, 5.41) is 8.84. The minimum Gasteiger partial charge on any atom is -0.480 e. The number of likely N-dealkylation sites (N-methyl/N-ethyl adjacent to an activating group) is 1. The lowest BCUT2D eigenvalue weighted by Gasteiger charge is -2.22. The highest BCUT2D eigenvalue weighted by atomic mass is 16.4. The van der Waals surface area contributed by atoms with E-state index < -0.39 is 12.0 Å².